The fraction of sp³-hybridized carbons (Fsp3) is 0.450. The molecule has 9 heteroatoms. The molecule has 7 nitrogen and oxygen atoms in total. The number of piperazine rings is 1. The lowest BCUT2D eigenvalue weighted by molar-refractivity contribution is 0.0938. The molecular formula is C20H25Cl2N5O2. The van der Waals surface area contributed by atoms with Crippen molar-refractivity contribution < 1.29 is 9.53 Å². The number of nitrogens with one attached hydrogen (secondary N) is 1. The molecule has 0 saturated carbocycles. The summed E-state index contributed by atoms with van der Waals surface area (Å²) in [7, 11) is 1.52. The summed E-state index contributed by atoms with van der Waals surface area (Å²) in [6, 6.07) is 5.70. The highest BCUT2D eigenvalue weighted by Crippen LogP contribution is 2.32. The summed E-state index contributed by atoms with van der Waals surface area (Å²) < 4.78 is 5.30. The van der Waals surface area contributed by atoms with Crippen LogP contribution in [0.4, 0.5) is 5.69 Å². The molecule has 1 amide bonds. The minimum Gasteiger partial charge on any atom is -0.492 e. The van der Waals surface area contributed by atoms with E-state index in [0.29, 0.717) is 33.9 Å². The fourth-order valence-electron chi connectivity index (χ4n) is 3.46. The summed E-state index contributed by atoms with van der Waals surface area (Å²) in [6.07, 6.45) is 0. The Balaban J connectivity index is 1.50. The number of aryl methyl sites for hydroxylation is 2. The molecule has 0 unspecified atom stereocenters. The normalized spacial score (nSPS) is 14.7. The molecule has 0 aliphatic carbocycles. The van der Waals surface area contributed by atoms with Gasteiger partial charge in [0.05, 0.1) is 28.5 Å². The first-order valence-electron chi connectivity index (χ1n) is 9.49. The molecule has 156 valence electrons. The van der Waals surface area contributed by atoms with E-state index in [1.807, 2.05) is 12.1 Å². The van der Waals surface area contributed by atoms with Crippen LogP contribution in [0.15, 0.2) is 18.2 Å². The van der Waals surface area contributed by atoms with Crippen LogP contribution in [0.5, 0.6) is 5.75 Å². The molecule has 1 aliphatic heterocycles. The lowest BCUT2D eigenvalue weighted by Crippen LogP contribution is -2.48. The Labute approximate surface area is 181 Å². The number of hydrogen-bond acceptors (Lipinski definition) is 6. The first kappa shape index (κ1) is 21.6. The number of benzene rings is 1. The van der Waals surface area contributed by atoms with Crippen LogP contribution in [0.25, 0.3) is 0 Å². The third kappa shape index (κ3) is 5.10. The molecule has 0 atom stereocenters. The number of methoxy groups -OCH3 is 1. The van der Waals surface area contributed by atoms with E-state index < -0.39 is 0 Å². The van der Waals surface area contributed by atoms with E-state index in [0.717, 1.165) is 38.4 Å². The lowest BCUT2D eigenvalue weighted by atomic mass is 10.2. The first-order valence-corrected chi connectivity index (χ1v) is 10.2. The molecule has 0 spiro atoms. The highest BCUT2D eigenvalue weighted by atomic mass is 35.5. The Morgan fingerprint density at radius 3 is 2.59 bits per heavy atom. The van der Waals surface area contributed by atoms with Gasteiger partial charge >= 0.3 is 0 Å². The number of rotatable bonds is 6. The number of aromatic nitrogens is 2. The Hall–Kier alpha value is -2.09. The molecule has 1 fully saturated rings. The summed E-state index contributed by atoms with van der Waals surface area (Å²) in [5.74, 6) is 0.712. The second-order valence-corrected chi connectivity index (χ2v) is 7.68. The van der Waals surface area contributed by atoms with Crippen LogP contribution in [-0.2, 0) is 0 Å². The van der Waals surface area contributed by atoms with Crippen LogP contribution in [0.3, 0.4) is 0 Å². The Morgan fingerprint density at radius 1 is 1.17 bits per heavy atom. The number of ether oxygens (including phenoxy) is 1. The van der Waals surface area contributed by atoms with Gasteiger partial charge in [-0.25, -0.2) is 9.97 Å². The number of amides is 1. The van der Waals surface area contributed by atoms with E-state index in [1.165, 1.54) is 7.11 Å². The van der Waals surface area contributed by atoms with Crippen LogP contribution in [0.2, 0.25) is 10.0 Å². The fourth-order valence-corrected chi connectivity index (χ4v) is 3.88. The predicted octanol–water partition coefficient (Wildman–Crippen LogP) is 2.96. The van der Waals surface area contributed by atoms with Crippen molar-refractivity contribution in [1.82, 2.24) is 20.2 Å². The minimum atomic E-state index is -0.250. The molecule has 2 aromatic rings. The summed E-state index contributed by atoms with van der Waals surface area (Å²) in [5, 5.41) is 4.10. The molecule has 0 radical (unpaired) electrons. The van der Waals surface area contributed by atoms with Gasteiger partial charge in [-0.15, -0.1) is 0 Å². The van der Waals surface area contributed by atoms with Gasteiger partial charge in [0.1, 0.15) is 5.82 Å². The second-order valence-electron chi connectivity index (χ2n) is 6.90. The van der Waals surface area contributed by atoms with Gasteiger partial charge in [0.15, 0.2) is 11.4 Å². The Morgan fingerprint density at radius 2 is 1.90 bits per heavy atom. The predicted molar refractivity (Wildman–Crippen MR) is 116 cm³/mol. The average Bonchev–Trinajstić information content (AvgIpc) is 2.70. The molecule has 0 bridgehead atoms. The highest BCUT2D eigenvalue weighted by Gasteiger charge is 2.21. The van der Waals surface area contributed by atoms with Crippen molar-refractivity contribution in [2.24, 2.45) is 0 Å². The van der Waals surface area contributed by atoms with Crippen molar-refractivity contribution in [2.75, 3.05) is 51.3 Å². The van der Waals surface area contributed by atoms with Gasteiger partial charge in [0, 0.05) is 39.3 Å². The molecular weight excluding hydrogens is 413 g/mol. The minimum absolute atomic E-state index is 0.250. The molecule has 1 N–H and O–H groups in total. The Bertz CT molecular complexity index is 885. The third-order valence-corrected chi connectivity index (χ3v) is 5.73. The number of carbonyl (C=O) groups excluding carboxylic acids is 1. The quantitative estimate of drug-likeness (QED) is 0.748. The SMILES string of the molecule is COc1c(C)nc(C)nc1C(=O)NCCN1CCN(c2cccc(Cl)c2Cl)CC1. The van der Waals surface area contributed by atoms with Crippen LogP contribution < -0.4 is 15.0 Å². The van der Waals surface area contributed by atoms with E-state index in [4.69, 9.17) is 27.9 Å². The number of anilines is 1. The largest absolute Gasteiger partial charge is 0.492 e. The van der Waals surface area contributed by atoms with Gasteiger partial charge in [-0.1, -0.05) is 29.3 Å². The third-order valence-electron chi connectivity index (χ3n) is 4.92. The number of hydrogen-bond donors (Lipinski definition) is 1. The van der Waals surface area contributed by atoms with E-state index in [-0.39, 0.29) is 11.6 Å². The lowest BCUT2D eigenvalue weighted by Gasteiger charge is -2.36. The second kappa shape index (κ2) is 9.61. The smallest absolute Gasteiger partial charge is 0.273 e. The molecule has 3 rings (SSSR count). The van der Waals surface area contributed by atoms with Gasteiger partial charge in [0.2, 0.25) is 0 Å². The maximum atomic E-state index is 12.5. The van der Waals surface area contributed by atoms with Crippen molar-refractivity contribution in [1.29, 1.82) is 0 Å². The van der Waals surface area contributed by atoms with Crippen molar-refractivity contribution >= 4 is 34.8 Å². The van der Waals surface area contributed by atoms with Crippen LogP contribution in [0, 0.1) is 13.8 Å². The Kier molecular flexibility index (Phi) is 7.16. The summed E-state index contributed by atoms with van der Waals surface area (Å²) in [4.78, 5) is 25.6. The van der Waals surface area contributed by atoms with Gasteiger partial charge in [-0.05, 0) is 26.0 Å². The zero-order valence-corrected chi connectivity index (χ0v) is 18.3. The molecule has 1 aliphatic rings. The molecule has 29 heavy (non-hydrogen) atoms. The monoisotopic (exact) mass is 437 g/mol. The van der Waals surface area contributed by atoms with Gasteiger partial charge in [-0.3, -0.25) is 9.69 Å². The van der Waals surface area contributed by atoms with Crippen LogP contribution in [0.1, 0.15) is 22.0 Å². The summed E-state index contributed by atoms with van der Waals surface area (Å²) in [6.45, 7) is 8.32. The van der Waals surface area contributed by atoms with Crippen molar-refractivity contribution in [3.63, 3.8) is 0 Å². The first-order chi connectivity index (χ1) is 13.9. The summed E-state index contributed by atoms with van der Waals surface area (Å²) in [5.41, 5.74) is 1.90. The van der Waals surface area contributed by atoms with Gasteiger partial charge < -0.3 is 15.0 Å². The average molecular weight is 438 g/mol. The number of halogens is 2. The maximum Gasteiger partial charge on any atom is 0.273 e. The number of nitrogens with zero attached hydrogens (tertiary/aromatic N) is 4. The van der Waals surface area contributed by atoms with Gasteiger partial charge in [-0.2, -0.15) is 0 Å². The maximum absolute atomic E-state index is 12.5. The standard InChI is InChI=1S/C20H25Cl2N5O2/c1-13-19(29-3)18(25-14(2)24-13)20(28)23-7-8-26-9-11-27(12-10-26)16-6-4-5-15(21)17(16)22/h4-6H,7-12H2,1-3H3,(H,23,28). The van der Waals surface area contributed by atoms with E-state index in [2.05, 4.69) is 25.1 Å². The zero-order chi connectivity index (χ0) is 21.0. The molecule has 1 aromatic carbocycles. The van der Waals surface area contributed by atoms with E-state index >= 15 is 0 Å². The summed E-state index contributed by atoms with van der Waals surface area (Å²) >= 11 is 12.5. The van der Waals surface area contributed by atoms with Crippen molar-refractivity contribution in [2.45, 2.75) is 13.8 Å². The topological polar surface area (TPSA) is 70.6 Å². The zero-order valence-electron chi connectivity index (χ0n) is 16.8. The molecule has 2 heterocycles. The van der Waals surface area contributed by atoms with E-state index in [9.17, 15) is 4.79 Å². The molecule has 1 aromatic heterocycles. The number of carbonyl (C=O) groups is 1. The van der Waals surface area contributed by atoms with E-state index in [1.54, 1.807) is 19.9 Å². The molecule has 1 saturated heterocycles. The van der Waals surface area contributed by atoms with Crippen molar-refractivity contribution in [3.8, 4) is 5.75 Å². The highest BCUT2D eigenvalue weighted by molar-refractivity contribution is 6.43. The van der Waals surface area contributed by atoms with Crippen LogP contribution in [-0.4, -0.2) is 67.2 Å². The van der Waals surface area contributed by atoms with Gasteiger partial charge in [0.25, 0.3) is 5.91 Å². The van der Waals surface area contributed by atoms with Crippen LogP contribution >= 0.6 is 23.2 Å². The van der Waals surface area contributed by atoms with Crippen molar-refractivity contribution in [3.05, 3.63) is 45.5 Å².